The van der Waals surface area contributed by atoms with Crippen molar-refractivity contribution >= 4 is 47.2 Å². The summed E-state index contributed by atoms with van der Waals surface area (Å²) >= 11 is 1.53. The molecule has 1 unspecified atom stereocenters. The summed E-state index contributed by atoms with van der Waals surface area (Å²) in [5.41, 5.74) is 5.77. The number of amides is 6. The maximum absolute atomic E-state index is 14.2. The first kappa shape index (κ1) is 45.5. The van der Waals surface area contributed by atoms with Gasteiger partial charge in [-0.05, 0) is 102 Å². The molecule has 1 saturated carbocycles. The van der Waals surface area contributed by atoms with Gasteiger partial charge in [0, 0.05) is 26.1 Å². The van der Waals surface area contributed by atoms with E-state index in [1.165, 1.54) is 42.8 Å². The summed E-state index contributed by atoms with van der Waals surface area (Å²) in [6, 6.07) is -4.55. The van der Waals surface area contributed by atoms with Gasteiger partial charge < -0.3 is 41.9 Å². The standard InChI is InChI=1S/C39H69N7O7S/c1-5-21-41-37(51)34(27(3)47)44-36(50)32-18-13-23-46(32)39(53)30(19-24-54-4)43-35(49)31-17-10-12-22-45(31)38(52)29(16-9-11-20-40)42-33(48)25-26(2)28-14-7-6-8-15-28/h26-32,34,47H,5-25,40H2,1-4H3,(H,41,51)(H,42,48)(H,43,49)(H,44,50)/t26-,27?,29-,30-,31-,32-,34-/m0/s1. The molecule has 2 heterocycles. The van der Waals surface area contributed by atoms with Crippen molar-refractivity contribution in [2.75, 3.05) is 38.2 Å². The monoisotopic (exact) mass is 779 g/mol. The molecule has 0 aromatic heterocycles. The molecular weight excluding hydrogens is 711 g/mol. The topological polar surface area (TPSA) is 203 Å². The minimum Gasteiger partial charge on any atom is -0.391 e. The highest BCUT2D eigenvalue weighted by Gasteiger charge is 2.41. The highest BCUT2D eigenvalue weighted by Crippen LogP contribution is 2.31. The number of piperidine rings is 1. The number of nitrogens with zero attached hydrogens (tertiary/aromatic N) is 2. The zero-order chi connectivity index (χ0) is 39.6. The number of likely N-dealkylation sites (tertiary alicyclic amines) is 2. The first-order valence-corrected chi connectivity index (χ1v) is 22.0. The Hall–Kier alpha value is -2.91. The van der Waals surface area contributed by atoms with E-state index in [1.807, 2.05) is 13.2 Å². The number of nitrogens with one attached hydrogen (secondary N) is 4. The molecule has 0 bridgehead atoms. The number of aliphatic hydroxyl groups excluding tert-OH is 1. The van der Waals surface area contributed by atoms with Gasteiger partial charge in [-0.15, -0.1) is 0 Å². The van der Waals surface area contributed by atoms with Gasteiger partial charge in [-0.3, -0.25) is 28.8 Å². The van der Waals surface area contributed by atoms with Gasteiger partial charge in [0.05, 0.1) is 6.10 Å². The maximum atomic E-state index is 14.2. The third kappa shape index (κ3) is 13.7. The summed E-state index contributed by atoms with van der Waals surface area (Å²) in [6.07, 6.45) is 12.6. The number of carbonyl (C=O) groups is 6. The summed E-state index contributed by atoms with van der Waals surface area (Å²) < 4.78 is 0. The Labute approximate surface area is 327 Å². The third-order valence-corrected chi connectivity index (χ3v) is 12.0. The lowest BCUT2D eigenvalue weighted by atomic mass is 9.79. The fourth-order valence-electron chi connectivity index (χ4n) is 8.11. The lowest BCUT2D eigenvalue weighted by molar-refractivity contribution is -0.147. The van der Waals surface area contributed by atoms with Crippen molar-refractivity contribution in [2.45, 2.75) is 160 Å². The Morgan fingerprint density at radius 1 is 0.778 bits per heavy atom. The van der Waals surface area contributed by atoms with Crippen LogP contribution >= 0.6 is 11.8 Å². The van der Waals surface area contributed by atoms with E-state index in [4.69, 9.17) is 5.73 Å². The van der Waals surface area contributed by atoms with E-state index >= 15 is 0 Å². The van der Waals surface area contributed by atoms with Gasteiger partial charge in [0.15, 0.2) is 0 Å². The van der Waals surface area contributed by atoms with E-state index in [1.54, 1.807) is 4.90 Å². The molecule has 3 fully saturated rings. The largest absolute Gasteiger partial charge is 0.391 e. The SMILES string of the molecule is CCCNC(=O)[C@@H](NC(=O)[C@@H]1CCCN1C(=O)[C@H](CCSC)NC(=O)[C@@H]1CCCCN1C(=O)[C@H](CCCCN)NC(=O)C[C@H](C)C1CCCCC1)C(C)O. The predicted molar refractivity (Wildman–Crippen MR) is 211 cm³/mol. The second kappa shape index (κ2) is 23.9. The molecule has 7 atom stereocenters. The number of aliphatic hydroxyl groups is 1. The molecule has 3 aliphatic rings. The van der Waals surface area contributed by atoms with Gasteiger partial charge in [0.2, 0.25) is 35.4 Å². The summed E-state index contributed by atoms with van der Waals surface area (Å²) in [5, 5.41) is 21.6. The molecule has 15 heteroatoms. The smallest absolute Gasteiger partial charge is 0.245 e. The van der Waals surface area contributed by atoms with E-state index in [0.717, 1.165) is 25.7 Å². The molecule has 2 aliphatic heterocycles. The fraction of sp³-hybridized carbons (Fsp3) is 0.846. The highest BCUT2D eigenvalue weighted by molar-refractivity contribution is 7.98. The van der Waals surface area contributed by atoms with E-state index < -0.39 is 59.9 Å². The molecule has 3 rings (SSSR count). The molecule has 0 radical (unpaired) electrons. The van der Waals surface area contributed by atoms with Crippen LogP contribution in [0.25, 0.3) is 0 Å². The molecular formula is C39H69N7O7S. The van der Waals surface area contributed by atoms with Gasteiger partial charge in [-0.2, -0.15) is 11.8 Å². The Morgan fingerprint density at radius 3 is 1.98 bits per heavy atom. The summed E-state index contributed by atoms with van der Waals surface area (Å²) in [5.74, 6) is -0.984. The van der Waals surface area contributed by atoms with Crippen LogP contribution in [0.2, 0.25) is 0 Å². The second-order valence-electron chi connectivity index (χ2n) is 15.6. The van der Waals surface area contributed by atoms with E-state index in [9.17, 15) is 33.9 Å². The number of rotatable bonds is 21. The van der Waals surface area contributed by atoms with Gasteiger partial charge >= 0.3 is 0 Å². The van der Waals surface area contributed by atoms with Crippen molar-refractivity contribution in [1.82, 2.24) is 31.1 Å². The van der Waals surface area contributed by atoms with Gasteiger partial charge in [0.1, 0.15) is 30.2 Å². The van der Waals surface area contributed by atoms with Gasteiger partial charge in [0.25, 0.3) is 0 Å². The van der Waals surface area contributed by atoms with E-state index in [2.05, 4.69) is 28.2 Å². The maximum Gasteiger partial charge on any atom is 0.245 e. The second-order valence-corrected chi connectivity index (χ2v) is 16.6. The number of thioether (sulfide) groups is 1. The van der Waals surface area contributed by atoms with E-state index in [0.29, 0.717) is 95.6 Å². The van der Waals surface area contributed by atoms with Crippen LogP contribution in [0.15, 0.2) is 0 Å². The molecule has 0 aromatic carbocycles. The molecule has 1 aliphatic carbocycles. The third-order valence-electron chi connectivity index (χ3n) is 11.3. The molecule has 54 heavy (non-hydrogen) atoms. The number of carbonyl (C=O) groups excluding carboxylic acids is 6. The molecule has 6 amide bonds. The fourth-order valence-corrected chi connectivity index (χ4v) is 8.58. The highest BCUT2D eigenvalue weighted by atomic mass is 32.2. The number of hydrogen-bond donors (Lipinski definition) is 6. The molecule has 0 aromatic rings. The number of nitrogens with two attached hydrogens (primary N) is 1. The first-order chi connectivity index (χ1) is 25.9. The Morgan fingerprint density at radius 2 is 1.37 bits per heavy atom. The molecule has 7 N–H and O–H groups in total. The normalized spacial score (nSPS) is 22.0. The Kier molecular flexibility index (Phi) is 20.1. The first-order valence-electron chi connectivity index (χ1n) is 20.6. The molecule has 0 spiro atoms. The van der Waals surface area contributed by atoms with Crippen molar-refractivity contribution in [3.8, 4) is 0 Å². The lowest BCUT2D eigenvalue weighted by Crippen LogP contribution is -2.61. The predicted octanol–water partition coefficient (Wildman–Crippen LogP) is 2.21. The van der Waals surface area contributed by atoms with Crippen LogP contribution in [0.3, 0.4) is 0 Å². The average molecular weight is 780 g/mol. The lowest BCUT2D eigenvalue weighted by Gasteiger charge is -2.38. The van der Waals surface area contributed by atoms with Gasteiger partial charge in [-0.25, -0.2) is 0 Å². The quantitative estimate of drug-likeness (QED) is 0.0945. The molecule has 14 nitrogen and oxygen atoms in total. The van der Waals surface area contributed by atoms with Crippen LogP contribution in [-0.4, -0.2) is 125 Å². The number of hydrogen-bond acceptors (Lipinski definition) is 9. The Bertz CT molecular complexity index is 1230. The minimum atomic E-state index is -1.17. The van der Waals surface area contributed by atoms with Crippen molar-refractivity contribution in [3.63, 3.8) is 0 Å². The van der Waals surface area contributed by atoms with Crippen LogP contribution in [-0.2, 0) is 28.8 Å². The van der Waals surface area contributed by atoms with Crippen molar-refractivity contribution < 1.29 is 33.9 Å². The summed E-state index contributed by atoms with van der Waals surface area (Å²) in [4.78, 5) is 85.0. The number of unbranched alkanes of at least 4 members (excludes halogenated alkanes) is 1. The van der Waals surface area contributed by atoms with Crippen molar-refractivity contribution in [2.24, 2.45) is 17.6 Å². The van der Waals surface area contributed by atoms with Crippen molar-refractivity contribution in [1.29, 1.82) is 0 Å². The van der Waals surface area contributed by atoms with E-state index in [-0.39, 0.29) is 17.7 Å². The average Bonchev–Trinajstić information content (AvgIpc) is 3.67. The molecule has 308 valence electrons. The van der Waals surface area contributed by atoms with Crippen LogP contribution in [0, 0.1) is 11.8 Å². The van der Waals surface area contributed by atoms with Gasteiger partial charge in [-0.1, -0.05) is 46.0 Å². The summed E-state index contributed by atoms with van der Waals surface area (Å²) in [6.45, 7) is 7.00. The van der Waals surface area contributed by atoms with Crippen LogP contribution in [0.4, 0.5) is 0 Å². The Balaban J connectivity index is 1.73. The zero-order valence-corrected chi connectivity index (χ0v) is 34.1. The van der Waals surface area contributed by atoms with Crippen LogP contribution in [0.5, 0.6) is 0 Å². The minimum absolute atomic E-state index is 0.148. The van der Waals surface area contributed by atoms with Crippen LogP contribution in [0.1, 0.15) is 124 Å². The molecule has 2 saturated heterocycles. The summed E-state index contributed by atoms with van der Waals surface area (Å²) in [7, 11) is 0. The van der Waals surface area contributed by atoms with Crippen molar-refractivity contribution in [3.05, 3.63) is 0 Å². The van der Waals surface area contributed by atoms with Crippen LogP contribution < -0.4 is 27.0 Å². The zero-order valence-electron chi connectivity index (χ0n) is 33.2.